The zero-order valence-electron chi connectivity index (χ0n) is 16.0. The van der Waals surface area contributed by atoms with E-state index in [9.17, 15) is 4.79 Å². The molecule has 0 bridgehead atoms. The summed E-state index contributed by atoms with van der Waals surface area (Å²) in [5.74, 6) is 3.61. The summed E-state index contributed by atoms with van der Waals surface area (Å²) in [6.45, 7) is 7.97. The number of carbonyl (C=O) groups excluding carboxylic acids is 1. The summed E-state index contributed by atoms with van der Waals surface area (Å²) < 4.78 is 0. The second kappa shape index (κ2) is 8.96. The number of hydrogen-bond acceptors (Lipinski definition) is 6. The topological polar surface area (TPSA) is 73.2 Å². The summed E-state index contributed by atoms with van der Waals surface area (Å²) >= 11 is 0. The Morgan fingerprint density at radius 3 is 2.63 bits per heavy atom. The molecule has 1 aromatic heterocycles. The molecular formula is C20H28N6O. The van der Waals surface area contributed by atoms with E-state index in [0.717, 1.165) is 50.5 Å². The Morgan fingerprint density at radius 2 is 2.04 bits per heavy atom. The van der Waals surface area contributed by atoms with Gasteiger partial charge >= 0.3 is 0 Å². The van der Waals surface area contributed by atoms with Crippen molar-refractivity contribution in [3.8, 4) is 12.3 Å². The fourth-order valence-electron chi connectivity index (χ4n) is 3.27. The lowest BCUT2D eigenvalue weighted by Gasteiger charge is -2.34. The molecule has 0 aromatic carbocycles. The molecule has 7 heteroatoms. The third-order valence-corrected chi connectivity index (χ3v) is 5.25. The molecule has 3 rings (SSSR count). The summed E-state index contributed by atoms with van der Waals surface area (Å²) in [5.41, 5.74) is 0.608. The number of hydrogen-bond donors (Lipinski definition) is 1. The average molecular weight is 368 g/mol. The molecule has 144 valence electrons. The number of likely N-dealkylation sites (N-methyl/N-ethyl adjacent to an activating group) is 1. The van der Waals surface area contributed by atoms with Gasteiger partial charge in [0.2, 0.25) is 5.91 Å². The molecule has 0 spiro atoms. The van der Waals surface area contributed by atoms with Gasteiger partial charge in [-0.15, -0.1) is 12.3 Å². The number of amides is 1. The second-order valence-electron chi connectivity index (χ2n) is 7.11. The molecule has 0 aliphatic carbocycles. The van der Waals surface area contributed by atoms with Gasteiger partial charge in [0.15, 0.2) is 5.66 Å². The van der Waals surface area contributed by atoms with Crippen LogP contribution in [-0.4, -0.2) is 54.2 Å². The van der Waals surface area contributed by atoms with Crippen molar-refractivity contribution in [1.82, 2.24) is 15.2 Å². The molecule has 0 unspecified atom stereocenters. The van der Waals surface area contributed by atoms with Crippen LogP contribution in [0.3, 0.4) is 0 Å². The number of rotatable bonds is 9. The van der Waals surface area contributed by atoms with Gasteiger partial charge in [-0.2, -0.15) is 10.2 Å². The minimum atomic E-state index is -0.394. The van der Waals surface area contributed by atoms with Crippen molar-refractivity contribution in [2.24, 2.45) is 10.2 Å². The molecule has 0 atom stereocenters. The summed E-state index contributed by atoms with van der Waals surface area (Å²) in [7, 11) is 0. The van der Waals surface area contributed by atoms with Crippen LogP contribution in [0.15, 0.2) is 28.6 Å². The molecule has 2 aliphatic rings. The number of terminal acetylenes is 1. The molecular weight excluding hydrogens is 340 g/mol. The highest BCUT2D eigenvalue weighted by Gasteiger charge is 2.39. The number of nitrogens with one attached hydrogen (secondary N) is 1. The molecule has 7 nitrogen and oxygen atoms in total. The zero-order valence-corrected chi connectivity index (χ0v) is 16.0. The predicted molar refractivity (Wildman–Crippen MR) is 105 cm³/mol. The van der Waals surface area contributed by atoms with E-state index in [-0.39, 0.29) is 5.91 Å². The van der Waals surface area contributed by atoms with Gasteiger partial charge in [-0.1, -0.05) is 13.0 Å². The standard InChI is InChI=1S/C20H28N6O/c1-3-5-9-20(23-24-20)10-8-19(27)22-16-17-6-7-18(21-15-17)26-13-11-25(4-2)12-14-26/h1,6-7,15H,4-5,8-14,16H2,2H3,(H,22,27). The van der Waals surface area contributed by atoms with E-state index in [1.54, 1.807) is 0 Å². The van der Waals surface area contributed by atoms with Gasteiger partial charge in [0.05, 0.1) is 0 Å². The van der Waals surface area contributed by atoms with E-state index in [1.807, 2.05) is 18.3 Å². The maximum absolute atomic E-state index is 12.1. The second-order valence-corrected chi connectivity index (χ2v) is 7.11. The summed E-state index contributed by atoms with van der Waals surface area (Å²) in [5, 5.41) is 11.1. The Hall–Kier alpha value is -2.46. The molecule has 1 saturated heterocycles. The van der Waals surface area contributed by atoms with Gasteiger partial charge in [0.25, 0.3) is 0 Å². The SMILES string of the molecule is C#CCCC1(CCC(=O)NCc2ccc(N3CCN(CC)CC3)nc2)N=N1. The molecule has 1 amide bonds. The van der Waals surface area contributed by atoms with Crippen LogP contribution in [-0.2, 0) is 11.3 Å². The maximum atomic E-state index is 12.1. The van der Waals surface area contributed by atoms with E-state index in [1.165, 1.54) is 0 Å². The smallest absolute Gasteiger partial charge is 0.220 e. The number of pyridine rings is 1. The van der Waals surface area contributed by atoms with Crippen molar-refractivity contribution < 1.29 is 4.79 Å². The van der Waals surface area contributed by atoms with Crippen molar-refractivity contribution in [1.29, 1.82) is 0 Å². The lowest BCUT2D eigenvalue weighted by atomic mass is 10.0. The van der Waals surface area contributed by atoms with Crippen molar-refractivity contribution in [2.75, 3.05) is 37.6 Å². The van der Waals surface area contributed by atoms with Crippen LogP contribution < -0.4 is 10.2 Å². The van der Waals surface area contributed by atoms with Gasteiger partial charge in [-0.25, -0.2) is 4.98 Å². The summed E-state index contributed by atoms with van der Waals surface area (Å²) in [6, 6.07) is 4.08. The number of piperazine rings is 1. The van der Waals surface area contributed by atoms with Crippen LogP contribution in [0.1, 0.15) is 38.2 Å². The molecule has 1 N–H and O–H groups in total. The Morgan fingerprint density at radius 1 is 1.26 bits per heavy atom. The number of aromatic nitrogens is 1. The van der Waals surface area contributed by atoms with Crippen molar-refractivity contribution >= 4 is 11.7 Å². The Bertz CT molecular complexity index is 694. The Balaban J connectivity index is 1.38. The average Bonchev–Trinajstić information content (AvgIpc) is 3.50. The van der Waals surface area contributed by atoms with Crippen LogP contribution in [0.5, 0.6) is 0 Å². The van der Waals surface area contributed by atoms with Crippen LogP contribution in [0.4, 0.5) is 5.82 Å². The van der Waals surface area contributed by atoms with Gasteiger partial charge < -0.3 is 15.1 Å². The Kier molecular flexibility index (Phi) is 6.40. The van der Waals surface area contributed by atoms with Crippen LogP contribution in [0, 0.1) is 12.3 Å². The summed E-state index contributed by atoms with van der Waals surface area (Å²) in [6.07, 6.45) is 9.53. The molecule has 0 radical (unpaired) electrons. The fourth-order valence-corrected chi connectivity index (χ4v) is 3.27. The Labute approximate surface area is 161 Å². The summed E-state index contributed by atoms with van der Waals surface area (Å²) in [4.78, 5) is 21.4. The minimum absolute atomic E-state index is 0.00662. The highest BCUT2D eigenvalue weighted by molar-refractivity contribution is 5.76. The van der Waals surface area contributed by atoms with Crippen molar-refractivity contribution in [3.63, 3.8) is 0 Å². The molecule has 2 aliphatic heterocycles. The van der Waals surface area contributed by atoms with Crippen LogP contribution in [0.25, 0.3) is 0 Å². The quantitative estimate of drug-likeness (QED) is 0.678. The first-order chi connectivity index (χ1) is 13.1. The first-order valence-corrected chi connectivity index (χ1v) is 9.70. The molecule has 1 aromatic rings. The lowest BCUT2D eigenvalue weighted by Crippen LogP contribution is -2.46. The normalized spacial score (nSPS) is 18.1. The van der Waals surface area contributed by atoms with Crippen LogP contribution in [0.2, 0.25) is 0 Å². The van der Waals surface area contributed by atoms with Crippen LogP contribution >= 0.6 is 0 Å². The van der Waals surface area contributed by atoms with E-state index in [4.69, 9.17) is 6.42 Å². The first kappa shape index (κ1) is 19.3. The molecule has 1 fully saturated rings. The highest BCUT2D eigenvalue weighted by Crippen LogP contribution is 2.37. The zero-order chi connectivity index (χ0) is 19.1. The van der Waals surface area contributed by atoms with Crippen molar-refractivity contribution in [2.45, 2.75) is 44.8 Å². The lowest BCUT2D eigenvalue weighted by molar-refractivity contribution is -0.121. The number of anilines is 1. The number of carbonyl (C=O) groups is 1. The van der Waals surface area contributed by atoms with Crippen molar-refractivity contribution in [3.05, 3.63) is 23.9 Å². The monoisotopic (exact) mass is 368 g/mol. The fraction of sp³-hybridized carbons (Fsp3) is 0.600. The van der Waals surface area contributed by atoms with Gasteiger partial charge in [0.1, 0.15) is 5.82 Å². The van der Waals surface area contributed by atoms with E-state index < -0.39 is 5.66 Å². The maximum Gasteiger partial charge on any atom is 0.220 e. The third-order valence-electron chi connectivity index (χ3n) is 5.25. The molecule has 27 heavy (non-hydrogen) atoms. The predicted octanol–water partition coefficient (Wildman–Crippen LogP) is 2.20. The molecule has 0 saturated carbocycles. The van der Waals surface area contributed by atoms with E-state index in [0.29, 0.717) is 25.8 Å². The minimum Gasteiger partial charge on any atom is -0.354 e. The molecule has 3 heterocycles. The van der Waals surface area contributed by atoms with E-state index in [2.05, 4.69) is 43.2 Å². The first-order valence-electron chi connectivity index (χ1n) is 9.70. The van der Waals surface area contributed by atoms with Gasteiger partial charge in [-0.3, -0.25) is 4.79 Å². The van der Waals surface area contributed by atoms with Gasteiger partial charge in [0, 0.05) is 64.6 Å². The van der Waals surface area contributed by atoms with Gasteiger partial charge in [-0.05, 0) is 18.2 Å². The third kappa shape index (κ3) is 5.51. The van der Waals surface area contributed by atoms with E-state index >= 15 is 0 Å². The highest BCUT2D eigenvalue weighted by atomic mass is 16.1. The largest absolute Gasteiger partial charge is 0.354 e. The number of nitrogens with zero attached hydrogens (tertiary/aromatic N) is 5.